The number of carboxylic acids is 1. The number of aryl methyl sites for hydroxylation is 1. The fraction of sp³-hybridized carbons (Fsp3) is 0.316. The Labute approximate surface area is 131 Å². The maximum absolute atomic E-state index is 10.9. The van der Waals surface area contributed by atoms with Crippen molar-refractivity contribution in [1.29, 1.82) is 0 Å². The molecule has 22 heavy (non-hydrogen) atoms. The second kappa shape index (κ2) is 6.32. The molecule has 114 valence electrons. The van der Waals surface area contributed by atoms with E-state index in [0.717, 1.165) is 19.6 Å². The average Bonchev–Trinajstić information content (AvgIpc) is 2.96. The fourth-order valence-electron chi connectivity index (χ4n) is 3.18. The minimum absolute atomic E-state index is 0.350. The number of hydrogen-bond donors (Lipinski definition) is 1. The standard InChI is InChI=1S/C19H21NO2/c1-14-3-2-4-17(11-14)18-9-10-20(13-18)12-15-5-7-16(8-6-15)19(21)22/h2-8,11,18H,9-10,12-13H2,1H3,(H,21,22). The summed E-state index contributed by atoms with van der Waals surface area (Å²) in [6, 6.07) is 16.0. The van der Waals surface area contributed by atoms with E-state index in [-0.39, 0.29) is 0 Å². The molecular weight excluding hydrogens is 274 g/mol. The van der Waals surface area contributed by atoms with E-state index in [1.165, 1.54) is 23.1 Å². The maximum atomic E-state index is 10.9. The van der Waals surface area contributed by atoms with E-state index < -0.39 is 5.97 Å². The first-order valence-electron chi connectivity index (χ1n) is 7.73. The van der Waals surface area contributed by atoms with E-state index in [2.05, 4.69) is 36.1 Å². The van der Waals surface area contributed by atoms with E-state index in [4.69, 9.17) is 5.11 Å². The van der Waals surface area contributed by atoms with Gasteiger partial charge in [-0.05, 0) is 49.1 Å². The molecule has 0 aromatic heterocycles. The van der Waals surface area contributed by atoms with Crippen molar-refractivity contribution in [2.24, 2.45) is 0 Å². The molecule has 0 spiro atoms. The number of carbonyl (C=O) groups is 1. The third kappa shape index (κ3) is 3.37. The Bertz CT molecular complexity index is 663. The SMILES string of the molecule is Cc1cccc(C2CCN(Cc3ccc(C(=O)O)cc3)C2)c1. The van der Waals surface area contributed by atoms with Crippen LogP contribution in [-0.2, 0) is 6.54 Å². The molecule has 1 saturated heterocycles. The van der Waals surface area contributed by atoms with Gasteiger partial charge in [-0.3, -0.25) is 4.90 Å². The molecule has 0 amide bonds. The highest BCUT2D eigenvalue weighted by atomic mass is 16.4. The van der Waals surface area contributed by atoms with Crippen LogP contribution in [0.5, 0.6) is 0 Å². The van der Waals surface area contributed by atoms with E-state index in [1.54, 1.807) is 12.1 Å². The van der Waals surface area contributed by atoms with Crippen molar-refractivity contribution in [2.75, 3.05) is 13.1 Å². The highest BCUT2D eigenvalue weighted by molar-refractivity contribution is 5.87. The Morgan fingerprint density at radius 2 is 2.00 bits per heavy atom. The van der Waals surface area contributed by atoms with Crippen molar-refractivity contribution in [2.45, 2.75) is 25.8 Å². The van der Waals surface area contributed by atoms with Crippen LogP contribution in [0.1, 0.15) is 39.4 Å². The van der Waals surface area contributed by atoms with Crippen molar-refractivity contribution >= 4 is 5.97 Å². The first kappa shape index (κ1) is 14.8. The van der Waals surface area contributed by atoms with Gasteiger partial charge in [0.05, 0.1) is 5.56 Å². The van der Waals surface area contributed by atoms with Crippen molar-refractivity contribution < 1.29 is 9.90 Å². The molecule has 1 aliphatic heterocycles. The topological polar surface area (TPSA) is 40.5 Å². The zero-order valence-corrected chi connectivity index (χ0v) is 12.8. The van der Waals surface area contributed by atoms with Crippen LogP contribution in [0.25, 0.3) is 0 Å². The largest absolute Gasteiger partial charge is 0.478 e. The number of carboxylic acid groups (broad SMARTS) is 1. The molecule has 1 atom stereocenters. The second-order valence-electron chi connectivity index (χ2n) is 6.14. The number of hydrogen-bond acceptors (Lipinski definition) is 2. The third-order valence-corrected chi connectivity index (χ3v) is 4.39. The molecule has 3 rings (SSSR count). The van der Waals surface area contributed by atoms with E-state index in [9.17, 15) is 4.79 Å². The van der Waals surface area contributed by atoms with Gasteiger partial charge in [0.15, 0.2) is 0 Å². The normalized spacial score (nSPS) is 18.5. The number of likely N-dealkylation sites (tertiary alicyclic amines) is 1. The van der Waals surface area contributed by atoms with Crippen molar-refractivity contribution in [3.05, 3.63) is 70.8 Å². The maximum Gasteiger partial charge on any atom is 0.335 e. The van der Waals surface area contributed by atoms with Gasteiger partial charge in [0.25, 0.3) is 0 Å². The summed E-state index contributed by atoms with van der Waals surface area (Å²) in [6.07, 6.45) is 1.19. The van der Waals surface area contributed by atoms with Crippen molar-refractivity contribution in [1.82, 2.24) is 4.90 Å². The van der Waals surface area contributed by atoms with E-state index >= 15 is 0 Å². The molecule has 1 N–H and O–H groups in total. The highest BCUT2D eigenvalue weighted by Gasteiger charge is 2.23. The smallest absolute Gasteiger partial charge is 0.335 e. The Balaban J connectivity index is 1.62. The summed E-state index contributed by atoms with van der Waals surface area (Å²) in [7, 11) is 0. The Morgan fingerprint density at radius 3 is 2.68 bits per heavy atom. The third-order valence-electron chi connectivity index (χ3n) is 4.39. The summed E-state index contributed by atoms with van der Waals surface area (Å²) in [5, 5.41) is 8.93. The first-order chi connectivity index (χ1) is 10.6. The minimum atomic E-state index is -0.868. The highest BCUT2D eigenvalue weighted by Crippen LogP contribution is 2.28. The second-order valence-corrected chi connectivity index (χ2v) is 6.14. The van der Waals surface area contributed by atoms with Gasteiger partial charge in [-0.25, -0.2) is 4.79 Å². The first-order valence-corrected chi connectivity index (χ1v) is 7.73. The molecule has 0 bridgehead atoms. The molecule has 2 aromatic rings. The number of nitrogens with zero attached hydrogens (tertiary/aromatic N) is 1. The molecule has 2 aromatic carbocycles. The molecule has 1 unspecified atom stereocenters. The summed E-state index contributed by atoms with van der Waals surface area (Å²) >= 11 is 0. The van der Waals surface area contributed by atoms with Crippen molar-refractivity contribution in [3.8, 4) is 0 Å². The predicted octanol–water partition coefficient (Wildman–Crippen LogP) is 3.68. The lowest BCUT2D eigenvalue weighted by Crippen LogP contribution is -2.19. The molecule has 0 saturated carbocycles. The lowest BCUT2D eigenvalue weighted by Gasteiger charge is -2.16. The van der Waals surface area contributed by atoms with Crippen LogP contribution in [0.3, 0.4) is 0 Å². The van der Waals surface area contributed by atoms with Crippen LogP contribution in [-0.4, -0.2) is 29.1 Å². The number of aromatic carboxylic acids is 1. The van der Waals surface area contributed by atoms with Crippen LogP contribution < -0.4 is 0 Å². The lowest BCUT2D eigenvalue weighted by atomic mass is 9.97. The monoisotopic (exact) mass is 295 g/mol. The summed E-state index contributed by atoms with van der Waals surface area (Å²) < 4.78 is 0. The van der Waals surface area contributed by atoms with E-state index in [1.807, 2.05) is 12.1 Å². The lowest BCUT2D eigenvalue weighted by molar-refractivity contribution is 0.0697. The van der Waals surface area contributed by atoms with Gasteiger partial charge in [0.1, 0.15) is 0 Å². The fourth-order valence-corrected chi connectivity index (χ4v) is 3.18. The molecular formula is C19H21NO2. The van der Waals surface area contributed by atoms with Gasteiger partial charge in [0.2, 0.25) is 0 Å². The molecule has 1 heterocycles. The van der Waals surface area contributed by atoms with E-state index in [0.29, 0.717) is 11.5 Å². The van der Waals surface area contributed by atoms with Gasteiger partial charge in [-0.15, -0.1) is 0 Å². The summed E-state index contributed by atoms with van der Waals surface area (Å²) in [6.45, 7) is 5.20. The van der Waals surface area contributed by atoms with Gasteiger partial charge < -0.3 is 5.11 Å². The van der Waals surface area contributed by atoms with Crippen LogP contribution in [0.4, 0.5) is 0 Å². The van der Waals surface area contributed by atoms with Crippen LogP contribution in [0, 0.1) is 6.92 Å². The quantitative estimate of drug-likeness (QED) is 0.935. The van der Waals surface area contributed by atoms with Gasteiger partial charge in [-0.1, -0.05) is 42.0 Å². The molecule has 0 radical (unpaired) electrons. The summed E-state index contributed by atoms with van der Waals surface area (Å²) in [5.41, 5.74) is 4.28. The van der Waals surface area contributed by atoms with Gasteiger partial charge in [0, 0.05) is 13.1 Å². The summed E-state index contributed by atoms with van der Waals surface area (Å²) in [5.74, 6) is -0.259. The van der Waals surface area contributed by atoms with Crippen molar-refractivity contribution in [3.63, 3.8) is 0 Å². The Hall–Kier alpha value is -2.13. The zero-order chi connectivity index (χ0) is 15.5. The zero-order valence-electron chi connectivity index (χ0n) is 12.8. The van der Waals surface area contributed by atoms with Gasteiger partial charge >= 0.3 is 5.97 Å². The predicted molar refractivity (Wildman–Crippen MR) is 87.2 cm³/mol. The Kier molecular flexibility index (Phi) is 4.25. The Morgan fingerprint density at radius 1 is 1.23 bits per heavy atom. The average molecular weight is 295 g/mol. The van der Waals surface area contributed by atoms with Gasteiger partial charge in [-0.2, -0.15) is 0 Å². The molecule has 1 aliphatic rings. The number of rotatable bonds is 4. The number of benzene rings is 2. The van der Waals surface area contributed by atoms with Crippen LogP contribution in [0.2, 0.25) is 0 Å². The molecule has 1 fully saturated rings. The van der Waals surface area contributed by atoms with Crippen LogP contribution >= 0.6 is 0 Å². The molecule has 0 aliphatic carbocycles. The summed E-state index contributed by atoms with van der Waals surface area (Å²) in [4.78, 5) is 13.3. The van der Waals surface area contributed by atoms with Crippen LogP contribution in [0.15, 0.2) is 48.5 Å². The molecule has 3 nitrogen and oxygen atoms in total. The molecule has 3 heteroatoms. The minimum Gasteiger partial charge on any atom is -0.478 e.